The summed E-state index contributed by atoms with van der Waals surface area (Å²) in [7, 11) is 0. The highest BCUT2D eigenvalue weighted by Crippen LogP contribution is 2.37. The number of hydrogen-bond acceptors (Lipinski definition) is 0. The van der Waals surface area contributed by atoms with E-state index in [1.54, 1.807) is 0 Å². The van der Waals surface area contributed by atoms with Gasteiger partial charge in [0.1, 0.15) is 0 Å². The van der Waals surface area contributed by atoms with Crippen molar-refractivity contribution < 1.29 is 0 Å². The van der Waals surface area contributed by atoms with Crippen molar-refractivity contribution in [3.05, 3.63) is 24.8 Å². The van der Waals surface area contributed by atoms with E-state index in [4.69, 9.17) is 0 Å². The molecule has 0 saturated heterocycles. The Morgan fingerprint density at radius 1 is 1.56 bits per heavy atom. The molecular weight excluding hydrogens is 108 g/mol. The van der Waals surface area contributed by atoms with Crippen molar-refractivity contribution in [1.82, 2.24) is 0 Å². The Bertz CT molecular complexity index is 118. The van der Waals surface area contributed by atoms with Gasteiger partial charge in [0.05, 0.1) is 0 Å². The molecule has 0 aromatic rings. The third-order valence-electron chi connectivity index (χ3n) is 1.82. The van der Waals surface area contributed by atoms with Gasteiger partial charge in [0.2, 0.25) is 0 Å². The average molecular weight is 122 g/mol. The van der Waals surface area contributed by atoms with Crippen molar-refractivity contribution >= 4 is 0 Å². The second-order valence-electron chi connectivity index (χ2n) is 2.76. The van der Waals surface area contributed by atoms with Crippen LogP contribution in [0.4, 0.5) is 0 Å². The molecule has 1 fully saturated rings. The molecule has 0 heteroatoms. The molecule has 1 saturated carbocycles. The van der Waals surface area contributed by atoms with Crippen molar-refractivity contribution in [2.45, 2.75) is 25.7 Å². The van der Waals surface area contributed by atoms with Gasteiger partial charge in [-0.1, -0.05) is 18.2 Å². The van der Waals surface area contributed by atoms with E-state index in [0.29, 0.717) is 0 Å². The molecule has 50 valence electrons. The molecule has 0 atom stereocenters. The van der Waals surface area contributed by atoms with Crippen LogP contribution < -0.4 is 0 Å². The van der Waals surface area contributed by atoms with E-state index in [9.17, 15) is 0 Å². The maximum Gasteiger partial charge on any atom is -0.0205 e. The summed E-state index contributed by atoms with van der Waals surface area (Å²) in [4.78, 5) is 0. The van der Waals surface area contributed by atoms with Gasteiger partial charge in [0, 0.05) is 0 Å². The maximum atomic E-state index is 4.01. The molecule has 9 heavy (non-hydrogen) atoms. The summed E-state index contributed by atoms with van der Waals surface area (Å²) < 4.78 is 0. The van der Waals surface area contributed by atoms with Crippen molar-refractivity contribution in [3.8, 4) is 0 Å². The molecule has 0 bridgehead atoms. The van der Waals surface area contributed by atoms with Crippen LogP contribution in [0.3, 0.4) is 0 Å². The topological polar surface area (TPSA) is 0 Å². The minimum absolute atomic E-state index is 0.880. The summed E-state index contributed by atoms with van der Waals surface area (Å²) in [5, 5.41) is 0. The van der Waals surface area contributed by atoms with Crippen molar-refractivity contribution in [3.63, 3.8) is 0 Å². The Balaban J connectivity index is 2.10. The fraction of sp³-hybridized carbons (Fsp3) is 0.556. The highest BCUT2D eigenvalue weighted by molar-refractivity contribution is 5.07. The largest absolute Gasteiger partial charge is 0.103 e. The molecule has 0 aliphatic heterocycles. The predicted octanol–water partition coefficient (Wildman–Crippen LogP) is 2.92. The second kappa shape index (κ2) is 2.86. The lowest BCUT2D eigenvalue weighted by Gasteiger charge is -1.97. The van der Waals surface area contributed by atoms with Gasteiger partial charge in [-0.15, -0.1) is 6.58 Å². The first-order chi connectivity index (χ1) is 4.34. The third-order valence-corrected chi connectivity index (χ3v) is 1.82. The van der Waals surface area contributed by atoms with Crippen molar-refractivity contribution in [1.29, 1.82) is 0 Å². The van der Waals surface area contributed by atoms with Gasteiger partial charge in [0.15, 0.2) is 0 Å². The number of rotatable bonds is 4. The van der Waals surface area contributed by atoms with Gasteiger partial charge in [-0.25, -0.2) is 0 Å². The molecule has 1 aliphatic rings. The minimum Gasteiger partial charge on any atom is -0.103 e. The quantitative estimate of drug-likeness (QED) is 0.503. The first-order valence-electron chi connectivity index (χ1n) is 3.63. The fourth-order valence-corrected chi connectivity index (χ4v) is 0.983. The van der Waals surface area contributed by atoms with Gasteiger partial charge < -0.3 is 0 Å². The average Bonchev–Trinajstić information content (AvgIpc) is 2.63. The number of allylic oxidation sites excluding steroid dienone is 2. The molecular formula is C9H14. The number of hydrogen-bond donors (Lipinski definition) is 0. The van der Waals surface area contributed by atoms with Crippen LogP contribution in [-0.4, -0.2) is 0 Å². The lowest BCUT2D eigenvalue weighted by molar-refractivity contribution is 0.868. The van der Waals surface area contributed by atoms with Crippen LogP contribution in [0.2, 0.25) is 0 Å². The Labute approximate surface area is 57.3 Å². The van der Waals surface area contributed by atoms with Crippen molar-refractivity contribution in [2.24, 2.45) is 5.92 Å². The van der Waals surface area contributed by atoms with Crippen LogP contribution in [-0.2, 0) is 0 Å². The van der Waals surface area contributed by atoms with Gasteiger partial charge in [0.25, 0.3) is 0 Å². The summed E-state index contributed by atoms with van der Waals surface area (Å²) in [6.45, 7) is 7.68. The monoisotopic (exact) mass is 122 g/mol. The van der Waals surface area contributed by atoms with Gasteiger partial charge >= 0.3 is 0 Å². The Morgan fingerprint density at radius 3 is 2.67 bits per heavy atom. The van der Waals surface area contributed by atoms with Crippen LogP contribution in [0.5, 0.6) is 0 Å². The summed E-state index contributed by atoms with van der Waals surface area (Å²) in [6, 6.07) is 0. The van der Waals surface area contributed by atoms with Gasteiger partial charge in [-0.3, -0.25) is 0 Å². The smallest absolute Gasteiger partial charge is 0.0205 e. The second-order valence-corrected chi connectivity index (χ2v) is 2.76. The highest BCUT2D eigenvalue weighted by Gasteiger charge is 2.23. The lowest BCUT2D eigenvalue weighted by atomic mass is 10.1. The summed E-state index contributed by atoms with van der Waals surface area (Å²) >= 11 is 0. The van der Waals surface area contributed by atoms with E-state index in [1.165, 1.54) is 18.4 Å². The normalized spacial score (nSPS) is 17.3. The van der Waals surface area contributed by atoms with E-state index in [1.807, 2.05) is 6.08 Å². The SMILES string of the molecule is C=CCCC(=C)C1CC1. The van der Waals surface area contributed by atoms with Crippen LogP contribution in [0, 0.1) is 5.92 Å². The molecule has 1 rings (SSSR count). The van der Waals surface area contributed by atoms with E-state index in [0.717, 1.165) is 18.8 Å². The van der Waals surface area contributed by atoms with Gasteiger partial charge in [-0.05, 0) is 31.6 Å². The summed E-state index contributed by atoms with van der Waals surface area (Å²) in [6.07, 6.45) is 7.00. The molecule has 0 amide bonds. The van der Waals surface area contributed by atoms with E-state index < -0.39 is 0 Å². The zero-order valence-corrected chi connectivity index (χ0v) is 5.90. The van der Waals surface area contributed by atoms with Crippen LogP contribution in [0.1, 0.15) is 25.7 Å². The molecule has 0 unspecified atom stereocenters. The standard InChI is InChI=1S/C9H14/c1-3-4-5-8(2)9-6-7-9/h3,9H,1-2,4-7H2. The molecule has 0 nitrogen and oxygen atoms in total. The Kier molecular flexibility index (Phi) is 2.10. The fourth-order valence-electron chi connectivity index (χ4n) is 0.983. The van der Waals surface area contributed by atoms with E-state index >= 15 is 0 Å². The molecule has 0 aromatic heterocycles. The van der Waals surface area contributed by atoms with Crippen LogP contribution in [0.25, 0.3) is 0 Å². The Morgan fingerprint density at radius 2 is 2.22 bits per heavy atom. The van der Waals surface area contributed by atoms with E-state index in [-0.39, 0.29) is 0 Å². The molecule has 0 N–H and O–H groups in total. The molecule has 0 spiro atoms. The first-order valence-corrected chi connectivity index (χ1v) is 3.63. The first kappa shape index (κ1) is 6.60. The van der Waals surface area contributed by atoms with Gasteiger partial charge in [-0.2, -0.15) is 0 Å². The van der Waals surface area contributed by atoms with Crippen molar-refractivity contribution in [2.75, 3.05) is 0 Å². The third kappa shape index (κ3) is 2.05. The molecule has 0 heterocycles. The predicted molar refractivity (Wildman–Crippen MR) is 41.3 cm³/mol. The maximum absolute atomic E-state index is 4.01. The Hall–Kier alpha value is -0.520. The molecule has 0 radical (unpaired) electrons. The summed E-state index contributed by atoms with van der Waals surface area (Å²) in [5.74, 6) is 0.880. The highest BCUT2D eigenvalue weighted by atomic mass is 14.3. The lowest BCUT2D eigenvalue weighted by Crippen LogP contribution is -1.81. The zero-order valence-electron chi connectivity index (χ0n) is 5.90. The minimum atomic E-state index is 0.880. The van der Waals surface area contributed by atoms with Crippen LogP contribution in [0.15, 0.2) is 24.8 Å². The molecule has 1 aliphatic carbocycles. The zero-order chi connectivity index (χ0) is 6.69. The molecule has 0 aromatic carbocycles. The van der Waals surface area contributed by atoms with E-state index in [2.05, 4.69) is 13.2 Å². The van der Waals surface area contributed by atoms with Crippen LogP contribution >= 0.6 is 0 Å². The summed E-state index contributed by atoms with van der Waals surface area (Å²) in [5.41, 5.74) is 1.44.